The van der Waals surface area contributed by atoms with Crippen molar-refractivity contribution in [3.63, 3.8) is 0 Å². The van der Waals surface area contributed by atoms with E-state index in [1.54, 1.807) is 0 Å². The van der Waals surface area contributed by atoms with Gasteiger partial charge in [0.1, 0.15) is 22.1 Å². The van der Waals surface area contributed by atoms with Gasteiger partial charge in [0.05, 0.1) is 6.26 Å². The van der Waals surface area contributed by atoms with E-state index in [9.17, 15) is 29.4 Å². The molecule has 0 saturated carbocycles. The smallest absolute Gasteiger partial charge is 0.352 e. The molecule has 0 radical (unpaired) electrons. The van der Waals surface area contributed by atoms with E-state index in [-0.39, 0.29) is 17.2 Å². The molecule has 0 spiro atoms. The molecule has 3 N–H and O–H groups in total. The number of aromatic nitrogens is 2. The molecule has 2 aromatic heterocycles. The normalized spacial score (nSPS) is 19.8. The number of oxime groups is 1. The molecule has 0 bridgehead atoms. The van der Waals surface area contributed by atoms with Crippen LogP contribution < -0.4 is 5.32 Å². The molecule has 2 atom stereocenters. The summed E-state index contributed by atoms with van der Waals surface area (Å²) in [4.78, 5) is 55.6. The van der Waals surface area contributed by atoms with Gasteiger partial charge >= 0.3 is 11.9 Å². The molecule has 4 heterocycles. The number of aryl methyl sites for hydroxylation is 1. The monoisotopic (exact) mass is 567 g/mol. The summed E-state index contributed by atoms with van der Waals surface area (Å²) in [6, 6.07) is 1.90. The summed E-state index contributed by atoms with van der Waals surface area (Å²) >= 11 is 4.05. The SMILES string of the molecule is Cc1nnc(SCC2=C(C(=O)O)N3C(=O)[C@@H](NC(=O)C(=NOC(C)(C)C(=O)O)c4ccco4)[C@H]3SC2)s1. The fourth-order valence-corrected chi connectivity index (χ4v) is 6.60. The number of thioether (sulfide) groups is 2. The van der Waals surface area contributed by atoms with E-state index in [1.807, 2.05) is 6.92 Å². The molecular formula is C21H21N5O8S3. The lowest BCUT2D eigenvalue weighted by molar-refractivity contribution is -0.161. The second kappa shape index (κ2) is 10.5. The average Bonchev–Trinajstić information content (AvgIpc) is 3.52. The van der Waals surface area contributed by atoms with E-state index in [4.69, 9.17) is 9.25 Å². The fraction of sp³-hybridized carbons (Fsp3) is 0.381. The van der Waals surface area contributed by atoms with Crippen LogP contribution in [-0.4, -0.2) is 83.3 Å². The van der Waals surface area contributed by atoms with Gasteiger partial charge in [0.15, 0.2) is 10.1 Å². The van der Waals surface area contributed by atoms with Crippen LogP contribution in [-0.2, 0) is 24.0 Å². The number of rotatable bonds is 10. The van der Waals surface area contributed by atoms with Crippen LogP contribution in [0.1, 0.15) is 24.6 Å². The van der Waals surface area contributed by atoms with Gasteiger partial charge < -0.3 is 24.8 Å². The van der Waals surface area contributed by atoms with Gasteiger partial charge in [-0.05, 0) is 38.5 Å². The lowest BCUT2D eigenvalue weighted by atomic mass is 10.0. The fourth-order valence-electron chi connectivity index (χ4n) is 3.30. The molecule has 196 valence electrons. The zero-order valence-electron chi connectivity index (χ0n) is 19.7. The summed E-state index contributed by atoms with van der Waals surface area (Å²) in [6.07, 6.45) is 1.29. The molecule has 0 unspecified atom stereocenters. The highest BCUT2D eigenvalue weighted by molar-refractivity contribution is 8.01. The highest BCUT2D eigenvalue weighted by Crippen LogP contribution is 2.41. The van der Waals surface area contributed by atoms with E-state index in [1.165, 1.54) is 67.1 Å². The van der Waals surface area contributed by atoms with Crippen molar-refractivity contribution in [3.8, 4) is 0 Å². The number of nitrogens with zero attached hydrogens (tertiary/aromatic N) is 4. The maximum Gasteiger partial charge on any atom is 0.352 e. The molecule has 1 fully saturated rings. The number of β-lactam (4-membered cyclic amide) rings is 1. The van der Waals surface area contributed by atoms with E-state index in [2.05, 4.69) is 20.7 Å². The molecule has 13 nitrogen and oxygen atoms in total. The minimum Gasteiger partial charge on any atom is -0.478 e. The molecule has 4 rings (SSSR count). The molecule has 2 amide bonds. The van der Waals surface area contributed by atoms with Crippen molar-refractivity contribution >= 4 is 64.3 Å². The Hall–Kier alpha value is -3.37. The number of furan rings is 1. The predicted molar refractivity (Wildman–Crippen MR) is 133 cm³/mol. The van der Waals surface area contributed by atoms with Gasteiger partial charge in [-0.1, -0.05) is 28.3 Å². The number of amides is 2. The lowest BCUT2D eigenvalue weighted by Crippen LogP contribution is -2.71. The number of hydrogen-bond donors (Lipinski definition) is 3. The number of carboxylic acids is 2. The Balaban J connectivity index is 1.50. The van der Waals surface area contributed by atoms with Crippen LogP contribution in [0.3, 0.4) is 0 Å². The predicted octanol–water partition coefficient (Wildman–Crippen LogP) is 1.55. The number of carbonyl (C=O) groups excluding carboxylic acids is 2. The minimum atomic E-state index is -1.73. The van der Waals surface area contributed by atoms with Gasteiger partial charge in [0.2, 0.25) is 11.3 Å². The van der Waals surface area contributed by atoms with E-state index in [0.29, 0.717) is 21.4 Å². The second-order valence-corrected chi connectivity index (χ2v) is 11.8. The summed E-state index contributed by atoms with van der Waals surface area (Å²) in [5, 5.41) is 33.4. The number of nitrogens with one attached hydrogen (secondary N) is 1. The minimum absolute atomic E-state index is 0.00374. The van der Waals surface area contributed by atoms with Gasteiger partial charge in [0, 0.05) is 11.5 Å². The van der Waals surface area contributed by atoms with Crippen LogP contribution in [0.2, 0.25) is 0 Å². The molecule has 0 aliphatic carbocycles. The Labute approximate surface area is 222 Å². The van der Waals surface area contributed by atoms with Gasteiger partial charge in [-0.3, -0.25) is 14.5 Å². The molecular weight excluding hydrogens is 546 g/mol. The molecule has 37 heavy (non-hydrogen) atoms. The molecule has 2 aromatic rings. The van der Waals surface area contributed by atoms with Gasteiger partial charge in [-0.15, -0.1) is 22.0 Å². The highest BCUT2D eigenvalue weighted by Gasteiger charge is 2.54. The summed E-state index contributed by atoms with van der Waals surface area (Å²) in [5.41, 5.74) is -1.65. The van der Waals surface area contributed by atoms with Crippen molar-refractivity contribution in [1.82, 2.24) is 20.4 Å². The number of carbonyl (C=O) groups is 4. The zero-order valence-corrected chi connectivity index (χ0v) is 22.1. The first-order chi connectivity index (χ1) is 17.5. The third-order valence-corrected chi connectivity index (χ3v) is 8.66. The zero-order chi connectivity index (χ0) is 26.9. The van der Waals surface area contributed by atoms with Crippen LogP contribution in [0.5, 0.6) is 0 Å². The maximum atomic E-state index is 13.0. The number of fused-ring (bicyclic) bond motifs is 1. The average molecular weight is 568 g/mol. The van der Waals surface area contributed by atoms with Crippen LogP contribution in [0.4, 0.5) is 0 Å². The van der Waals surface area contributed by atoms with Gasteiger partial charge in [-0.25, -0.2) is 9.59 Å². The van der Waals surface area contributed by atoms with Gasteiger partial charge in [-0.2, -0.15) is 0 Å². The van der Waals surface area contributed by atoms with Crippen LogP contribution >= 0.6 is 34.9 Å². The van der Waals surface area contributed by atoms with Crippen molar-refractivity contribution in [3.05, 3.63) is 40.4 Å². The van der Waals surface area contributed by atoms with Crippen LogP contribution in [0.15, 0.2) is 43.6 Å². The van der Waals surface area contributed by atoms with Crippen molar-refractivity contribution in [1.29, 1.82) is 0 Å². The Morgan fingerprint density at radius 2 is 2.11 bits per heavy atom. The quantitative estimate of drug-likeness (QED) is 0.163. The molecule has 0 aromatic carbocycles. The van der Waals surface area contributed by atoms with E-state index >= 15 is 0 Å². The van der Waals surface area contributed by atoms with Crippen molar-refractivity contribution in [2.24, 2.45) is 5.16 Å². The van der Waals surface area contributed by atoms with E-state index in [0.717, 1.165) is 9.91 Å². The number of hydrogen-bond acceptors (Lipinski definition) is 12. The first-order valence-corrected chi connectivity index (χ1v) is 13.5. The topological polar surface area (TPSA) is 185 Å². The van der Waals surface area contributed by atoms with Crippen LogP contribution in [0, 0.1) is 6.92 Å². The van der Waals surface area contributed by atoms with Crippen molar-refractivity contribution in [2.45, 2.75) is 42.1 Å². The third kappa shape index (κ3) is 5.50. The molecule has 2 aliphatic rings. The standard InChI is InChI=1S/C21H21N5O8S3/c1-9-23-24-20(37-9)36-8-10-7-35-17-13(16(28)26(17)14(10)18(29)30)22-15(27)12(11-5-4-6-33-11)25-34-21(2,3)19(31)32/h4-6,13,17H,7-8H2,1-3H3,(H,22,27)(H,29,30)(H,31,32)/t13-,17-/m1/s1. The Morgan fingerprint density at radius 3 is 2.70 bits per heavy atom. The highest BCUT2D eigenvalue weighted by atomic mass is 32.2. The second-order valence-electron chi connectivity index (χ2n) is 8.32. The van der Waals surface area contributed by atoms with Crippen molar-refractivity contribution < 1.29 is 38.6 Å². The number of carboxylic acid groups (broad SMARTS) is 2. The largest absolute Gasteiger partial charge is 0.478 e. The molecule has 16 heteroatoms. The van der Waals surface area contributed by atoms with Gasteiger partial charge in [0.25, 0.3) is 11.8 Å². The summed E-state index contributed by atoms with van der Waals surface area (Å²) < 4.78 is 5.92. The third-order valence-electron chi connectivity index (χ3n) is 5.26. The maximum absolute atomic E-state index is 13.0. The first-order valence-electron chi connectivity index (χ1n) is 10.7. The lowest BCUT2D eigenvalue weighted by Gasteiger charge is -2.49. The summed E-state index contributed by atoms with van der Waals surface area (Å²) in [5.74, 6) is -3.33. The molecule has 2 aliphatic heterocycles. The van der Waals surface area contributed by atoms with Crippen LogP contribution in [0.25, 0.3) is 0 Å². The Bertz CT molecular complexity index is 1300. The van der Waals surface area contributed by atoms with E-state index < -0.39 is 40.8 Å². The Morgan fingerprint density at radius 1 is 1.35 bits per heavy atom. The summed E-state index contributed by atoms with van der Waals surface area (Å²) in [7, 11) is 0. The van der Waals surface area contributed by atoms with Crippen molar-refractivity contribution in [2.75, 3.05) is 11.5 Å². The first kappa shape index (κ1) is 26.7. The molecule has 1 saturated heterocycles. The summed E-state index contributed by atoms with van der Waals surface area (Å²) in [6.45, 7) is 4.33. The Kier molecular flexibility index (Phi) is 7.61. The number of aliphatic carboxylic acids is 2.